The third kappa shape index (κ3) is 8.91. The molecule has 2 aliphatic heterocycles. The molecule has 2 saturated carbocycles. The molecule has 4 rings (SSSR count). The molecule has 4 fully saturated rings. The Morgan fingerprint density at radius 2 is 1.16 bits per heavy atom. The number of ether oxygens (including phenoxy) is 2. The summed E-state index contributed by atoms with van der Waals surface area (Å²) in [4.78, 5) is 30.3. The number of hydrogen-bond acceptors (Lipinski definition) is 8. The van der Waals surface area contributed by atoms with Crippen LogP contribution in [0, 0.1) is 23.7 Å². The molecule has 0 N–H and O–H groups in total. The summed E-state index contributed by atoms with van der Waals surface area (Å²) in [5.41, 5.74) is 7.50. The third-order valence-corrected chi connectivity index (χ3v) is 7.88. The molecule has 216 valence electrons. The highest BCUT2D eigenvalue weighted by atomic mass is 32.2. The quantitative estimate of drug-likeness (QED) is 0.214. The zero-order chi connectivity index (χ0) is 28.5. The molecule has 0 aromatic carbocycles. The lowest BCUT2D eigenvalue weighted by atomic mass is 10.0. The number of hydrogen-bond donors (Lipinski definition) is 0. The average Bonchev–Trinajstić information content (AvgIpc) is 3.43. The number of carbonyl (C=O) groups excluding carboxylic acids is 2. The van der Waals surface area contributed by atoms with E-state index in [-0.39, 0.29) is 24.3 Å². The maximum Gasteiger partial charge on any atom is 0.410 e. The second-order valence-corrected chi connectivity index (χ2v) is 14.6. The van der Waals surface area contributed by atoms with Crippen molar-refractivity contribution in [2.75, 3.05) is 32.4 Å². The minimum atomic E-state index is -3.40. The van der Waals surface area contributed by atoms with Gasteiger partial charge >= 0.3 is 12.2 Å². The minimum Gasteiger partial charge on any atom is -0.444 e. The van der Waals surface area contributed by atoms with Crippen LogP contribution in [0.4, 0.5) is 9.59 Å². The molecule has 0 aromatic heterocycles. The Bertz CT molecular complexity index is 1000. The van der Waals surface area contributed by atoms with E-state index in [1.807, 2.05) is 41.5 Å². The fraction of sp³-hybridized carbons (Fsp3) is 0.920. The molecule has 4 aliphatic rings. The van der Waals surface area contributed by atoms with Gasteiger partial charge < -0.3 is 19.3 Å². The molecule has 2 heterocycles. The Labute approximate surface area is 226 Å². The Hall–Kier alpha value is -2.24. The van der Waals surface area contributed by atoms with E-state index in [9.17, 15) is 18.0 Å². The number of fused-ring (bicyclic) bond motifs is 2. The zero-order valence-corrected chi connectivity index (χ0v) is 24.4. The van der Waals surface area contributed by atoms with Gasteiger partial charge in [-0.15, -0.1) is 0 Å². The maximum atomic E-state index is 12.0. The van der Waals surface area contributed by atoms with Crippen molar-refractivity contribution in [3.8, 4) is 0 Å². The lowest BCUT2D eigenvalue weighted by Gasteiger charge is -2.25. The highest BCUT2D eigenvalue weighted by Crippen LogP contribution is 2.41. The van der Waals surface area contributed by atoms with Gasteiger partial charge in [-0.1, -0.05) is 5.11 Å². The number of carbonyl (C=O) groups is 2. The van der Waals surface area contributed by atoms with Crippen molar-refractivity contribution in [3.05, 3.63) is 10.4 Å². The van der Waals surface area contributed by atoms with E-state index in [0.29, 0.717) is 49.6 Å². The molecule has 2 amide bonds. The molecule has 0 radical (unpaired) electrons. The van der Waals surface area contributed by atoms with E-state index in [2.05, 4.69) is 10.0 Å². The highest BCUT2D eigenvalue weighted by Gasteiger charge is 2.45. The average molecular weight is 558 g/mol. The summed E-state index contributed by atoms with van der Waals surface area (Å²) in [5.74, 6) is 1.56. The summed E-state index contributed by atoms with van der Waals surface area (Å²) >= 11 is 0. The van der Waals surface area contributed by atoms with Gasteiger partial charge in [-0.25, -0.2) is 9.59 Å². The van der Waals surface area contributed by atoms with Gasteiger partial charge in [0.05, 0.1) is 12.4 Å². The summed E-state index contributed by atoms with van der Waals surface area (Å²) in [5, 5.41) is 3.78. The normalized spacial score (nSPS) is 30.6. The van der Waals surface area contributed by atoms with Gasteiger partial charge in [0.1, 0.15) is 11.2 Å². The lowest BCUT2D eigenvalue weighted by molar-refractivity contribution is 0.0265. The molecule has 38 heavy (non-hydrogen) atoms. The Morgan fingerprint density at radius 1 is 0.789 bits per heavy atom. The molecule has 13 heteroatoms. The van der Waals surface area contributed by atoms with Crippen LogP contribution in [0.3, 0.4) is 0 Å². The van der Waals surface area contributed by atoms with Crippen molar-refractivity contribution in [2.24, 2.45) is 28.8 Å². The van der Waals surface area contributed by atoms with E-state index < -0.39 is 21.3 Å². The zero-order valence-electron chi connectivity index (χ0n) is 23.6. The summed E-state index contributed by atoms with van der Waals surface area (Å²) in [6.07, 6.45) is 3.51. The van der Waals surface area contributed by atoms with E-state index in [1.165, 1.54) is 0 Å². The van der Waals surface area contributed by atoms with Crippen molar-refractivity contribution in [2.45, 2.75) is 90.6 Å². The third-order valence-electron chi connectivity index (χ3n) is 7.26. The monoisotopic (exact) mass is 557 g/mol. The molecule has 2 unspecified atom stereocenters. The smallest absolute Gasteiger partial charge is 0.410 e. The fourth-order valence-corrected chi connectivity index (χ4v) is 6.61. The Morgan fingerprint density at radius 3 is 1.47 bits per heavy atom. The number of amides is 2. The van der Waals surface area contributed by atoms with Crippen LogP contribution in [0.5, 0.6) is 0 Å². The summed E-state index contributed by atoms with van der Waals surface area (Å²) in [7, 11) is -3.40. The molecule has 0 aromatic rings. The first-order valence-corrected chi connectivity index (χ1v) is 15.1. The predicted octanol–water partition coefficient (Wildman–Crippen LogP) is 4.55. The van der Waals surface area contributed by atoms with Crippen LogP contribution in [-0.2, 0) is 23.8 Å². The molecule has 2 aliphatic carbocycles. The van der Waals surface area contributed by atoms with Crippen molar-refractivity contribution in [1.82, 2.24) is 9.80 Å². The van der Waals surface area contributed by atoms with Crippen molar-refractivity contribution in [1.29, 1.82) is 0 Å². The minimum absolute atomic E-state index is 0.116. The topological polar surface area (TPSA) is 151 Å². The van der Waals surface area contributed by atoms with Crippen LogP contribution < -0.4 is 0 Å². The molecule has 12 nitrogen and oxygen atoms in total. The molecule has 0 spiro atoms. The van der Waals surface area contributed by atoms with Gasteiger partial charge in [0.2, 0.25) is 0 Å². The maximum absolute atomic E-state index is 12.0. The first-order chi connectivity index (χ1) is 17.4. The summed E-state index contributed by atoms with van der Waals surface area (Å²) in [6, 6.07) is 0.116. The van der Waals surface area contributed by atoms with E-state index in [4.69, 9.17) is 19.2 Å². The predicted molar refractivity (Wildman–Crippen MR) is 141 cm³/mol. The van der Waals surface area contributed by atoms with Crippen molar-refractivity contribution < 1.29 is 31.7 Å². The van der Waals surface area contributed by atoms with Gasteiger partial charge in [0, 0.05) is 37.1 Å². The van der Waals surface area contributed by atoms with Crippen molar-refractivity contribution in [3.63, 3.8) is 0 Å². The first kappa shape index (κ1) is 30.3. The first-order valence-electron chi connectivity index (χ1n) is 13.3. The Kier molecular flexibility index (Phi) is 9.15. The van der Waals surface area contributed by atoms with Gasteiger partial charge in [0.15, 0.2) is 0 Å². The second-order valence-electron chi connectivity index (χ2n) is 13.0. The lowest BCUT2D eigenvalue weighted by Crippen LogP contribution is -2.36. The van der Waals surface area contributed by atoms with Gasteiger partial charge in [-0.3, -0.25) is 4.18 Å². The van der Waals surface area contributed by atoms with Gasteiger partial charge in [0.25, 0.3) is 10.1 Å². The van der Waals surface area contributed by atoms with Crippen LogP contribution in [-0.4, -0.2) is 86.2 Å². The number of likely N-dealkylation sites (tertiary alicyclic amines) is 2. The second kappa shape index (κ2) is 11.5. The van der Waals surface area contributed by atoms with Crippen molar-refractivity contribution >= 4 is 22.3 Å². The fourth-order valence-electron chi connectivity index (χ4n) is 5.96. The summed E-state index contributed by atoms with van der Waals surface area (Å²) in [6.45, 7) is 13.9. The van der Waals surface area contributed by atoms with Crippen LogP contribution in [0.2, 0.25) is 0 Å². The Balaban J connectivity index is 0.000000212. The van der Waals surface area contributed by atoms with Gasteiger partial charge in [-0.05, 0) is 96.4 Å². The summed E-state index contributed by atoms with van der Waals surface area (Å²) < 4.78 is 38.0. The van der Waals surface area contributed by atoms with E-state index in [1.54, 1.807) is 9.80 Å². The molecule has 2 saturated heterocycles. The number of rotatable bonds is 3. The van der Waals surface area contributed by atoms with E-state index >= 15 is 0 Å². The van der Waals surface area contributed by atoms with Gasteiger partial charge in [-0.2, -0.15) is 8.42 Å². The SMILES string of the molecule is CC(C)(C)OC(=O)N1C[C@H]2CC(N=[N+]=[N-])C[C@H]2C1.CC(C)(C)OC(=O)N1C[C@H]2CC(OS(C)(=O)=O)C[C@H]2C1. The van der Waals surface area contributed by atoms with Crippen LogP contribution >= 0.6 is 0 Å². The van der Waals surface area contributed by atoms with E-state index in [0.717, 1.165) is 32.2 Å². The molecular weight excluding hydrogens is 514 g/mol. The number of nitrogens with zero attached hydrogens (tertiary/aromatic N) is 5. The molecular formula is C25H43N5O7S. The molecule has 6 atom stereocenters. The number of azide groups is 1. The van der Waals surface area contributed by atoms with Crippen LogP contribution in [0.25, 0.3) is 10.4 Å². The molecule has 0 bridgehead atoms. The van der Waals surface area contributed by atoms with Crippen LogP contribution in [0.15, 0.2) is 5.11 Å². The largest absolute Gasteiger partial charge is 0.444 e. The standard InChI is InChI=1S/C13H23NO5S.C12H20N4O2/c1-13(2,3)18-12(15)14-7-9-5-11(6-10(9)8-14)19-20(4,16)17;1-12(2,3)18-11(17)16-6-8-4-10(14-15-13)5-9(8)7-16/h9-11H,5-8H2,1-4H3;8-10H,4-7H2,1-3H3/t9-,10+,11?;8-,9+,10?. The highest BCUT2D eigenvalue weighted by molar-refractivity contribution is 7.86. The van der Waals surface area contributed by atoms with Crippen LogP contribution in [0.1, 0.15) is 67.2 Å².